The summed E-state index contributed by atoms with van der Waals surface area (Å²) < 4.78 is 21.6. The average Bonchev–Trinajstić information content (AvgIpc) is 3.00. The Bertz CT molecular complexity index is 946. The Labute approximate surface area is 138 Å². The van der Waals surface area contributed by atoms with Crippen LogP contribution in [0.5, 0.6) is 0 Å². The number of nitrogens with zero attached hydrogens (tertiary/aromatic N) is 3. The van der Waals surface area contributed by atoms with E-state index in [1.54, 1.807) is 0 Å². The maximum absolute atomic E-state index is 10.9. The number of nitrogens with two attached hydrogens (primary N) is 1. The predicted octanol–water partition coefficient (Wildman–Crippen LogP) is -0.924. The zero-order valence-electron chi connectivity index (χ0n) is 13.9. The van der Waals surface area contributed by atoms with Gasteiger partial charge in [-0.2, -0.15) is 0 Å². The highest BCUT2D eigenvalue weighted by Gasteiger charge is 2.55. The van der Waals surface area contributed by atoms with Crippen LogP contribution in [0.2, 0.25) is 0 Å². The lowest BCUT2D eigenvalue weighted by molar-refractivity contribution is -0.0722. The molecule has 1 saturated heterocycles. The number of anilines is 1. The Hall–Kier alpha value is -2.03. The number of ether oxygens (including phenoxy) is 1. The number of rotatable bonds is 2. The van der Waals surface area contributed by atoms with Crippen LogP contribution in [0.3, 0.4) is 0 Å². The van der Waals surface area contributed by atoms with Gasteiger partial charge in [-0.1, -0.05) is 18.1 Å². The Morgan fingerprint density at radius 1 is 1.70 bits per heavy atom. The summed E-state index contributed by atoms with van der Waals surface area (Å²) in [6.45, 7) is -1.48. The molecule has 0 saturated carbocycles. The molecular formula is C13H15N5O4S. The fourth-order valence-electron chi connectivity index (χ4n) is 2.54. The minimum atomic E-state index is -2.92. The fraction of sp³-hybridized carbons (Fsp3) is 0.462. The van der Waals surface area contributed by atoms with E-state index >= 15 is 0 Å². The number of fused-ring (bicyclic) bond motifs is 1. The Morgan fingerprint density at radius 2 is 2.43 bits per heavy atom. The summed E-state index contributed by atoms with van der Waals surface area (Å²) in [5.74, 6) is 4.89. The van der Waals surface area contributed by atoms with Crippen LogP contribution in [0.1, 0.15) is 15.9 Å². The van der Waals surface area contributed by atoms with Crippen molar-refractivity contribution in [3.63, 3.8) is 0 Å². The molecule has 0 radical (unpaired) electrons. The fourth-order valence-corrected chi connectivity index (χ4v) is 2.79. The summed E-state index contributed by atoms with van der Waals surface area (Å²) in [5, 5.41) is 30.8. The second-order valence-electron chi connectivity index (χ2n) is 4.96. The van der Waals surface area contributed by atoms with Gasteiger partial charge in [0.15, 0.2) is 22.4 Å². The molecule has 0 aliphatic carbocycles. The SMILES string of the molecule is [2H]C([2H])(O)[C@H]1O[C@@H](n2cnc3c(=S)nc(N)[nH]c32)C(O)(C#CC)[C@H]1O. The number of H-pyrrole nitrogens is 1. The topological polar surface area (TPSA) is 142 Å². The van der Waals surface area contributed by atoms with Crippen LogP contribution in [0.4, 0.5) is 5.95 Å². The molecule has 6 N–H and O–H groups in total. The molecule has 0 aromatic carbocycles. The molecule has 122 valence electrons. The lowest BCUT2D eigenvalue weighted by atomic mass is 9.94. The molecule has 4 atom stereocenters. The molecule has 1 aliphatic heterocycles. The van der Waals surface area contributed by atoms with Crippen molar-refractivity contribution in [2.45, 2.75) is 31.0 Å². The number of nitrogen functional groups attached to an aromatic ring is 1. The number of hydrogen-bond donors (Lipinski definition) is 5. The van der Waals surface area contributed by atoms with Gasteiger partial charge in [0.25, 0.3) is 0 Å². The van der Waals surface area contributed by atoms with Gasteiger partial charge in [0.1, 0.15) is 23.4 Å². The normalized spacial score (nSPS) is 32.3. The van der Waals surface area contributed by atoms with E-state index in [1.165, 1.54) is 17.8 Å². The van der Waals surface area contributed by atoms with Crippen LogP contribution in [0.15, 0.2) is 6.33 Å². The molecule has 1 aliphatic rings. The summed E-state index contributed by atoms with van der Waals surface area (Å²) in [4.78, 5) is 10.7. The molecule has 0 amide bonds. The molecule has 2 aromatic heterocycles. The zero-order valence-corrected chi connectivity index (χ0v) is 12.7. The van der Waals surface area contributed by atoms with Gasteiger partial charge in [0, 0.05) is 0 Å². The van der Waals surface area contributed by atoms with Gasteiger partial charge in [-0.25, -0.2) is 9.97 Å². The monoisotopic (exact) mass is 339 g/mol. The molecule has 0 spiro atoms. The van der Waals surface area contributed by atoms with E-state index in [9.17, 15) is 15.3 Å². The molecule has 1 unspecified atom stereocenters. The molecule has 0 bridgehead atoms. The number of aliphatic hydroxyl groups excluding tert-OH is 1. The number of aromatic nitrogens is 4. The number of aliphatic hydroxyl groups is 3. The molecule has 3 heterocycles. The first kappa shape index (κ1) is 13.4. The molecule has 10 heteroatoms. The van der Waals surface area contributed by atoms with Gasteiger partial charge in [-0.15, -0.1) is 5.92 Å². The van der Waals surface area contributed by atoms with Crippen molar-refractivity contribution >= 4 is 29.3 Å². The maximum Gasteiger partial charge on any atom is 0.200 e. The van der Waals surface area contributed by atoms with E-state index in [2.05, 4.69) is 26.8 Å². The van der Waals surface area contributed by atoms with Gasteiger partial charge < -0.3 is 30.8 Å². The number of imidazole rings is 1. The first-order valence-electron chi connectivity index (χ1n) is 7.54. The van der Waals surface area contributed by atoms with Crippen LogP contribution >= 0.6 is 12.2 Å². The van der Waals surface area contributed by atoms with Crippen LogP contribution in [-0.2, 0) is 4.74 Å². The van der Waals surface area contributed by atoms with E-state index in [1.807, 2.05) is 0 Å². The molecule has 23 heavy (non-hydrogen) atoms. The smallest absolute Gasteiger partial charge is 0.200 e. The largest absolute Gasteiger partial charge is 0.394 e. The maximum atomic E-state index is 10.9. The van der Waals surface area contributed by atoms with Gasteiger partial charge in [-0.05, 0) is 6.92 Å². The summed E-state index contributed by atoms with van der Waals surface area (Å²) in [6, 6.07) is 0. The first-order valence-corrected chi connectivity index (χ1v) is 6.95. The van der Waals surface area contributed by atoms with Crippen molar-refractivity contribution < 1.29 is 22.8 Å². The van der Waals surface area contributed by atoms with Crippen molar-refractivity contribution in [2.75, 3.05) is 12.3 Å². The highest BCUT2D eigenvalue weighted by molar-refractivity contribution is 7.71. The molecular weight excluding hydrogens is 322 g/mol. The van der Waals surface area contributed by atoms with Gasteiger partial charge in [0.2, 0.25) is 0 Å². The van der Waals surface area contributed by atoms with Crippen molar-refractivity contribution in [3.8, 4) is 11.8 Å². The van der Waals surface area contributed by atoms with E-state index in [0.717, 1.165) is 0 Å². The number of nitrogens with one attached hydrogen (secondary N) is 1. The van der Waals surface area contributed by atoms with Gasteiger partial charge in [-0.3, -0.25) is 4.57 Å². The molecule has 1 fully saturated rings. The number of hydrogen-bond acceptors (Lipinski definition) is 8. The second kappa shape index (κ2) is 5.55. The molecule has 9 nitrogen and oxygen atoms in total. The van der Waals surface area contributed by atoms with E-state index in [0.29, 0.717) is 0 Å². The Kier molecular flexibility index (Phi) is 3.24. The molecule has 3 rings (SSSR count). The third kappa shape index (κ3) is 2.30. The minimum absolute atomic E-state index is 0.00283. The van der Waals surface area contributed by atoms with Crippen LogP contribution in [0.25, 0.3) is 11.2 Å². The van der Waals surface area contributed by atoms with Crippen molar-refractivity contribution in [1.82, 2.24) is 19.5 Å². The van der Waals surface area contributed by atoms with E-state index in [4.69, 9.17) is 25.4 Å². The Morgan fingerprint density at radius 3 is 3.09 bits per heavy atom. The van der Waals surface area contributed by atoms with Crippen molar-refractivity contribution in [3.05, 3.63) is 11.0 Å². The average molecular weight is 339 g/mol. The first-order chi connectivity index (χ1) is 11.6. The number of aromatic amines is 1. The van der Waals surface area contributed by atoms with Crippen LogP contribution in [-0.4, -0.2) is 59.2 Å². The van der Waals surface area contributed by atoms with E-state index in [-0.39, 0.29) is 21.8 Å². The lowest BCUT2D eigenvalue weighted by Crippen LogP contribution is -2.45. The third-order valence-corrected chi connectivity index (χ3v) is 3.84. The zero-order chi connectivity index (χ0) is 18.6. The minimum Gasteiger partial charge on any atom is -0.394 e. The summed E-state index contributed by atoms with van der Waals surface area (Å²) in [5.41, 5.74) is 3.94. The summed E-state index contributed by atoms with van der Waals surface area (Å²) in [7, 11) is 0. The standard InChI is InChI=1S/C13H15N5O4S/c1-2-3-13(21)8(20)6(4-19)22-11(13)18-5-15-7-9(18)16-12(14)17-10(7)23/h5-6,8,11,19-21H,4H2,1H3,(H3,14,16,17,23)/t6-,8+,11-,13?/m1/s1/i4D2. The predicted molar refractivity (Wildman–Crippen MR) is 82.5 cm³/mol. The van der Waals surface area contributed by atoms with Crippen LogP contribution in [0, 0.1) is 16.5 Å². The van der Waals surface area contributed by atoms with E-state index < -0.39 is 30.6 Å². The quantitative estimate of drug-likeness (QED) is 0.349. The highest BCUT2D eigenvalue weighted by Crippen LogP contribution is 2.39. The summed E-state index contributed by atoms with van der Waals surface area (Å²) >= 11 is 5.08. The van der Waals surface area contributed by atoms with Crippen molar-refractivity contribution in [1.29, 1.82) is 0 Å². The molecule has 2 aromatic rings. The van der Waals surface area contributed by atoms with Crippen molar-refractivity contribution in [2.24, 2.45) is 0 Å². The highest BCUT2D eigenvalue weighted by atomic mass is 32.1. The van der Waals surface area contributed by atoms with Gasteiger partial charge >= 0.3 is 0 Å². The second-order valence-corrected chi connectivity index (χ2v) is 5.35. The van der Waals surface area contributed by atoms with Gasteiger partial charge in [0.05, 0.1) is 15.6 Å². The van der Waals surface area contributed by atoms with Crippen LogP contribution < -0.4 is 5.73 Å². The third-order valence-electron chi connectivity index (χ3n) is 3.56. The Balaban J connectivity index is 2.21. The summed E-state index contributed by atoms with van der Waals surface area (Å²) in [6.07, 6.45) is -3.71. The lowest BCUT2D eigenvalue weighted by Gasteiger charge is -2.26.